The molecule has 0 bridgehead atoms. The van der Waals surface area contributed by atoms with Gasteiger partial charge in [-0.1, -0.05) is 30.3 Å². The largest absolute Gasteiger partial charge is 0.444 e. The number of nitrogens with zero attached hydrogens (tertiary/aromatic N) is 1. The Morgan fingerprint density at radius 1 is 1.26 bits per heavy atom. The van der Waals surface area contributed by atoms with Gasteiger partial charge in [0.15, 0.2) is 0 Å². The zero-order valence-corrected chi connectivity index (χ0v) is 14.0. The summed E-state index contributed by atoms with van der Waals surface area (Å²) < 4.78 is 11.2. The van der Waals surface area contributed by atoms with Gasteiger partial charge in [0.2, 0.25) is 0 Å². The molecule has 2 atom stereocenters. The summed E-state index contributed by atoms with van der Waals surface area (Å²) in [6.07, 6.45) is 1.78. The Morgan fingerprint density at radius 3 is 2.57 bits per heavy atom. The minimum atomic E-state index is -0.581. The average molecular weight is 319 g/mol. The molecule has 1 aromatic carbocycles. The number of rotatable bonds is 5. The van der Waals surface area contributed by atoms with E-state index in [4.69, 9.17) is 9.47 Å². The van der Waals surface area contributed by atoms with Crippen LogP contribution in [0.15, 0.2) is 30.3 Å². The highest BCUT2D eigenvalue weighted by Crippen LogP contribution is 2.26. The van der Waals surface area contributed by atoms with Crippen LogP contribution in [0.3, 0.4) is 0 Å². The molecule has 126 valence electrons. The lowest BCUT2D eigenvalue weighted by Crippen LogP contribution is -2.46. The molecular weight excluding hydrogens is 294 g/mol. The molecule has 0 spiro atoms. The van der Waals surface area contributed by atoms with Gasteiger partial charge in [-0.25, -0.2) is 4.79 Å². The van der Waals surface area contributed by atoms with Crippen molar-refractivity contribution in [2.75, 3.05) is 6.61 Å². The van der Waals surface area contributed by atoms with Crippen LogP contribution in [0.25, 0.3) is 0 Å². The van der Waals surface area contributed by atoms with Crippen molar-refractivity contribution in [3.8, 4) is 0 Å². The van der Waals surface area contributed by atoms with E-state index in [0.717, 1.165) is 18.3 Å². The summed E-state index contributed by atoms with van der Waals surface area (Å²) in [5.41, 5.74) is 0.504. The Labute approximate surface area is 137 Å². The number of ether oxygens (including phenoxy) is 2. The molecule has 1 fully saturated rings. The molecule has 5 nitrogen and oxygen atoms in total. The molecule has 0 radical (unpaired) electrons. The van der Waals surface area contributed by atoms with Gasteiger partial charge < -0.3 is 14.3 Å². The Balaban J connectivity index is 1.93. The van der Waals surface area contributed by atoms with Crippen molar-refractivity contribution in [3.63, 3.8) is 0 Å². The molecule has 0 aliphatic carbocycles. The Bertz CT molecular complexity index is 524. The van der Waals surface area contributed by atoms with E-state index in [2.05, 4.69) is 0 Å². The first-order valence-electron chi connectivity index (χ1n) is 7.99. The monoisotopic (exact) mass is 319 g/mol. The number of amides is 1. The lowest BCUT2D eigenvalue weighted by atomic mass is 10.2. The zero-order chi connectivity index (χ0) is 16.9. The Hall–Kier alpha value is -1.88. The molecule has 0 N–H and O–H groups in total. The quantitative estimate of drug-likeness (QED) is 0.782. The van der Waals surface area contributed by atoms with Crippen LogP contribution in [-0.2, 0) is 20.9 Å². The van der Waals surface area contributed by atoms with Gasteiger partial charge in [-0.2, -0.15) is 0 Å². The highest BCUT2D eigenvalue weighted by molar-refractivity contribution is 5.75. The van der Waals surface area contributed by atoms with E-state index in [0.29, 0.717) is 19.6 Å². The highest BCUT2D eigenvalue weighted by atomic mass is 16.6. The molecule has 1 amide bonds. The number of hydrogen-bond donors (Lipinski definition) is 0. The van der Waals surface area contributed by atoms with Gasteiger partial charge >= 0.3 is 6.09 Å². The van der Waals surface area contributed by atoms with Gasteiger partial charge in [0.05, 0.1) is 25.3 Å². The number of aldehydes is 1. The predicted octanol–water partition coefficient (Wildman–Crippen LogP) is 3.17. The summed E-state index contributed by atoms with van der Waals surface area (Å²) in [5.74, 6) is 0. The summed E-state index contributed by atoms with van der Waals surface area (Å²) in [4.78, 5) is 25.1. The van der Waals surface area contributed by atoms with E-state index in [1.807, 2.05) is 51.1 Å². The van der Waals surface area contributed by atoms with E-state index in [1.54, 1.807) is 0 Å². The number of carbonyl (C=O) groups excluding carboxylic acids is 2. The molecule has 1 aliphatic rings. The smallest absolute Gasteiger partial charge is 0.411 e. The SMILES string of the molecule is CC(C)(C)OC(=O)N1[C@H](COCc2ccccc2)CC[C@H]1C=O. The second kappa shape index (κ2) is 7.59. The molecule has 23 heavy (non-hydrogen) atoms. The van der Waals surface area contributed by atoms with Gasteiger partial charge in [-0.05, 0) is 39.2 Å². The normalized spacial score (nSPS) is 21.3. The number of benzene rings is 1. The molecular formula is C18H25NO4. The molecule has 0 aromatic heterocycles. The Morgan fingerprint density at radius 2 is 1.96 bits per heavy atom. The van der Waals surface area contributed by atoms with Crippen LogP contribution in [0.1, 0.15) is 39.2 Å². The molecule has 0 saturated carbocycles. The molecule has 0 unspecified atom stereocenters. The van der Waals surface area contributed by atoms with E-state index >= 15 is 0 Å². The summed E-state index contributed by atoms with van der Waals surface area (Å²) in [6.45, 7) is 6.34. The maximum absolute atomic E-state index is 12.4. The zero-order valence-electron chi connectivity index (χ0n) is 14.0. The van der Waals surface area contributed by atoms with E-state index in [9.17, 15) is 9.59 Å². The number of carbonyl (C=O) groups is 2. The van der Waals surface area contributed by atoms with E-state index < -0.39 is 17.7 Å². The molecule has 1 aromatic rings. The minimum absolute atomic E-state index is 0.122. The summed E-state index contributed by atoms with van der Waals surface area (Å²) in [6, 6.07) is 9.33. The molecule has 1 aliphatic heterocycles. The first-order valence-corrected chi connectivity index (χ1v) is 7.99. The van der Waals surface area contributed by atoms with E-state index in [-0.39, 0.29) is 6.04 Å². The standard InChI is InChI=1S/C18H25NO4/c1-18(2,3)23-17(21)19-15(11-20)9-10-16(19)13-22-12-14-7-5-4-6-8-14/h4-8,11,15-16H,9-10,12-13H2,1-3H3/t15-,16-/m0/s1. The number of hydrogen-bond acceptors (Lipinski definition) is 4. The van der Waals surface area contributed by atoms with Crippen LogP contribution in [0.5, 0.6) is 0 Å². The third kappa shape index (κ3) is 5.06. The van der Waals surface area contributed by atoms with Gasteiger partial charge in [-0.3, -0.25) is 4.90 Å². The molecule has 1 heterocycles. The van der Waals surface area contributed by atoms with Crippen LogP contribution >= 0.6 is 0 Å². The van der Waals surface area contributed by atoms with Crippen LogP contribution in [0.2, 0.25) is 0 Å². The maximum atomic E-state index is 12.4. The first-order chi connectivity index (χ1) is 10.9. The van der Waals surface area contributed by atoms with Gasteiger partial charge in [0.25, 0.3) is 0 Å². The number of likely N-dealkylation sites (tertiary alicyclic amines) is 1. The second-order valence-corrected chi connectivity index (χ2v) is 6.82. The lowest BCUT2D eigenvalue weighted by Gasteiger charge is -2.30. The van der Waals surface area contributed by atoms with Crippen molar-refractivity contribution >= 4 is 12.4 Å². The van der Waals surface area contributed by atoms with Crippen molar-refractivity contribution < 1.29 is 19.1 Å². The lowest BCUT2D eigenvalue weighted by molar-refractivity contribution is -0.112. The van der Waals surface area contributed by atoms with Crippen LogP contribution < -0.4 is 0 Å². The second-order valence-electron chi connectivity index (χ2n) is 6.82. The van der Waals surface area contributed by atoms with Crippen LogP contribution in [0, 0.1) is 0 Å². The third-order valence-electron chi connectivity index (χ3n) is 3.73. The summed E-state index contributed by atoms with van der Waals surface area (Å²) in [5, 5.41) is 0. The highest BCUT2D eigenvalue weighted by Gasteiger charge is 2.39. The van der Waals surface area contributed by atoms with Crippen molar-refractivity contribution in [1.29, 1.82) is 0 Å². The average Bonchev–Trinajstić information content (AvgIpc) is 2.90. The van der Waals surface area contributed by atoms with Gasteiger partial charge in [0, 0.05) is 0 Å². The fraction of sp³-hybridized carbons (Fsp3) is 0.556. The fourth-order valence-corrected chi connectivity index (χ4v) is 2.70. The maximum Gasteiger partial charge on any atom is 0.411 e. The fourth-order valence-electron chi connectivity index (χ4n) is 2.70. The topological polar surface area (TPSA) is 55.8 Å². The van der Waals surface area contributed by atoms with Crippen molar-refractivity contribution in [3.05, 3.63) is 35.9 Å². The molecule has 2 rings (SSSR count). The molecule has 5 heteroatoms. The summed E-state index contributed by atoms with van der Waals surface area (Å²) in [7, 11) is 0. The van der Waals surface area contributed by atoms with Crippen molar-refractivity contribution in [2.24, 2.45) is 0 Å². The van der Waals surface area contributed by atoms with Crippen molar-refractivity contribution in [1.82, 2.24) is 4.90 Å². The Kier molecular flexibility index (Phi) is 5.77. The first kappa shape index (κ1) is 17.5. The van der Waals surface area contributed by atoms with Crippen LogP contribution in [0.4, 0.5) is 4.79 Å². The van der Waals surface area contributed by atoms with Gasteiger partial charge in [0.1, 0.15) is 11.9 Å². The van der Waals surface area contributed by atoms with Crippen LogP contribution in [-0.4, -0.2) is 41.6 Å². The molecule has 1 saturated heterocycles. The third-order valence-corrected chi connectivity index (χ3v) is 3.73. The summed E-state index contributed by atoms with van der Waals surface area (Å²) >= 11 is 0. The minimum Gasteiger partial charge on any atom is -0.444 e. The van der Waals surface area contributed by atoms with Crippen molar-refractivity contribution in [2.45, 2.75) is 57.9 Å². The van der Waals surface area contributed by atoms with E-state index in [1.165, 1.54) is 4.90 Å². The van der Waals surface area contributed by atoms with Gasteiger partial charge in [-0.15, -0.1) is 0 Å². The predicted molar refractivity (Wildman–Crippen MR) is 87.0 cm³/mol.